The van der Waals surface area contributed by atoms with Crippen molar-refractivity contribution in [3.8, 4) is 0 Å². The maximum Gasteiger partial charge on any atom is 0.416 e. The molecule has 32 heavy (non-hydrogen) atoms. The number of H-pyrrole nitrogens is 1. The highest BCUT2D eigenvalue weighted by Gasteiger charge is 2.33. The molecule has 1 aromatic heterocycles. The molecule has 0 spiro atoms. The van der Waals surface area contributed by atoms with Crippen molar-refractivity contribution in [2.24, 2.45) is 0 Å². The second-order valence-corrected chi connectivity index (χ2v) is 6.91. The third-order valence-corrected chi connectivity index (χ3v) is 4.66. The summed E-state index contributed by atoms with van der Waals surface area (Å²) in [7, 11) is 0. The van der Waals surface area contributed by atoms with Gasteiger partial charge in [0.05, 0.1) is 10.5 Å². The first-order valence-electron chi connectivity index (χ1n) is 9.51. The number of carbonyl (C=O) groups is 2. The van der Waals surface area contributed by atoms with Crippen LogP contribution in [0.25, 0.3) is 10.9 Å². The SMILES string of the molecule is O=C(COC(=O)CCCc1c[nH]c2ccccc12)Nc1ccc(C(F)(F)F)cc1[N+](=O)[O-]. The Balaban J connectivity index is 1.49. The average molecular weight is 449 g/mol. The molecular formula is C21H18F3N3O5. The fourth-order valence-electron chi connectivity index (χ4n) is 3.13. The van der Waals surface area contributed by atoms with E-state index in [0.29, 0.717) is 25.0 Å². The van der Waals surface area contributed by atoms with Gasteiger partial charge in [0, 0.05) is 29.6 Å². The number of alkyl halides is 3. The standard InChI is InChI=1S/C21H18F3N3O5/c22-21(23,24)14-8-9-17(18(10-14)27(30)31)26-19(28)12-32-20(29)7-3-4-13-11-25-16-6-2-1-5-15(13)16/h1-2,5-6,8-11,25H,3-4,7,12H2,(H,26,28). The average Bonchev–Trinajstić information content (AvgIpc) is 3.15. The quantitative estimate of drug-likeness (QED) is 0.296. The van der Waals surface area contributed by atoms with E-state index in [2.05, 4.69) is 10.3 Å². The van der Waals surface area contributed by atoms with E-state index in [1.807, 2.05) is 30.5 Å². The number of hydrogen-bond acceptors (Lipinski definition) is 5. The Morgan fingerprint density at radius 3 is 2.62 bits per heavy atom. The van der Waals surface area contributed by atoms with Gasteiger partial charge in [-0.05, 0) is 36.6 Å². The van der Waals surface area contributed by atoms with Crippen molar-refractivity contribution in [2.45, 2.75) is 25.4 Å². The Labute approximate surface area is 179 Å². The molecule has 0 bridgehead atoms. The highest BCUT2D eigenvalue weighted by atomic mass is 19.4. The van der Waals surface area contributed by atoms with Gasteiger partial charge in [0.15, 0.2) is 6.61 Å². The summed E-state index contributed by atoms with van der Waals surface area (Å²) >= 11 is 0. The van der Waals surface area contributed by atoms with E-state index in [-0.39, 0.29) is 6.42 Å². The van der Waals surface area contributed by atoms with Crippen molar-refractivity contribution < 1.29 is 32.4 Å². The lowest BCUT2D eigenvalue weighted by Crippen LogP contribution is -2.21. The molecule has 0 aliphatic heterocycles. The number of fused-ring (bicyclic) bond motifs is 1. The van der Waals surface area contributed by atoms with E-state index in [1.54, 1.807) is 0 Å². The van der Waals surface area contributed by atoms with E-state index >= 15 is 0 Å². The molecule has 3 rings (SSSR count). The number of nitrogens with one attached hydrogen (secondary N) is 2. The third-order valence-electron chi connectivity index (χ3n) is 4.66. The summed E-state index contributed by atoms with van der Waals surface area (Å²) in [5, 5.41) is 14.2. The molecule has 0 saturated carbocycles. The van der Waals surface area contributed by atoms with Crippen LogP contribution in [0.2, 0.25) is 0 Å². The lowest BCUT2D eigenvalue weighted by molar-refractivity contribution is -0.384. The number of carbonyl (C=O) groups excluding carboxylic acids is 2. The van der Waals surface area contributed by atoms with Crippen LogP contribution in [0.4, 0.5) is 24.5 Å². The van der Waals surface area contributed by atoms with Gasteiger partial charge >= 0.3 is 12.1 Å². The lowest BCUT2D eigenvalue weighted by atomic mass is 10.1. The van der Waals surface area contributed by atoms with Gasteiger partial charge in [0.25, 0.3) is 11.6 Å². The van der Waals surface area contributed by atoms with E-state index in [9.17, 15) is 32.9 Å². The molecule has 0 aliphatic rings. The number of nitrogens with zero attached hydrogens (tertiary/aromatic N) is 1. The largest absolute Gasteiger partial charge is 0.456 e. The fraction of sp³-hybridized carbons (Fsp3) is 0.238. The summed E-state index contributed by atoms with van der Waals surface area (Å²) in [6.45, 7) is -0.718. The zero-order valence-corrected chi connectivity index (χ0v) is 16.6. The van der Waals surface area contributed by atoms with Gasteiger partial charge in [-0.2, -0.15) is 13.2 Å². The van der Waals surface area contributed by atoms with Crippen molar-refractivity contribution >= 4 is 34.2 Å². The van der Waals surface area contributed by atoms with Crippen LogP contribution in [0.15, 0.2) is 48.7 Å². The van der Waals surface area contributed by atoms with Crippen LogP contribution in [0, 0.1) is 10.1 Å². The molecule has 0 aliphatic carbocycles. The maximum atomic E-state index is 12.7. The second-order valence-electron chi connectivity index (χ2n) is 6.91. The monoisotopic (exact) mass is 449 g/mol. The summed E-state index contributed by atoms with van der Waals surface area (Å²) in [5.41, 5.74) is -0.537. The van der Waals surface area contributed by atoms with Gasteiger partial charge in [0.2, 0.25) is 0 Å². The number of aryl methyl sites for hydroxylation is 1. The van der Waals surface area contributed by atoms with Gasteiger partial charge in [-0.15, -0.1) is 0 Å². The molecule has 0 atom stereocenters. The van der Waals surface area contributed by atoms with E-state index in [1.165, 1.54) is 0 Å². The number of aromatic nitrogens is 1. The van der Waals surface area contributed by atoms with Crippen LogP contribution < -0.4 is 5.32 Å². The molecule has 8 nitrogen and oxygen atoms in total. The Bertz CT molecular complexity index is 1160. The van der Waals surface area contributed by atoms with Crippen LogP contribution in [-0.4, -0.2) is 28.4 Å². The molecule has 1 heterocycles. The van der Waals surface area contributed by atoms with Gasteiger partial charge < -0.3 is 15.0 Å². The van der Waals surface area contributed by atoms with Crippen LogP contribution in [0.1, 0.15) is 24.0 Å². The summed E-state index contributed by atoms with van der Waals surface area (Å²) in [4.78, 5) is 37.0. The molecule has 168 valence electrons. The number of nitro benzene ring substituents is 1. The van der Waals surface area contributed by atoms with Crippen molar-refractivity contribution in [3.05, 3.63) is 69.9 Å². The number of amides is 1. The minimum Gasteiger partial charge on any atom is -0.456 e. The minimum absolute atomic E-state index is 0.0488. The molecule has 1 amide bonds. The minimum atomic E-state index is -4.77. The molecule has 2 aromatic carbocycles. The first-order chi connectivity index (χ1) is 15.1. The van der Waals surface area contributed by atoms with Gasteiger partial charge in [-0.3, -0.25) is 19.7 Å². The van der Waals surface area contributed by atoms with Crippen molar-refractivity contribution in [1.29, 1.82) is 0 Å². The van der Waals surface area contributed by atoms with Gasteiger partial charge in [0.1, 0.15) is 5.69 Å². The summed E-state index contributed by atoms with van der Waals surface area (Å²) in [5.74, 6) is -1.54. The molecule has 2 N–H and O–H groups in total. The maximum absolute atomic E-state index is 12.7. The Morgan fingerprint density at radius 1 is 1.16 bits per heavy atom. The number of nitro groups is 1. The number of esters is 1. The van der Waals surface area contributed by atoms with Crippen LogP contribution in [-0.2, 0) is 26.9 Å². The van der Waals surface area contributed by atoms with E-state index in [4.69, 9.17) is 4.74 Å². The van der Waals surface area contributed by atoms with Crippen molar-refractivity contribution in [3.63, 3.8) is 0 Å². The normalized spacial score (nSPS) is 11.3. The number of ether oxygens (including phenoxy) is 1. The van der Waals surface area contributed by atoms with E-state index in [0.717, 1.165) is 22.5 Å². The molecule has 0 saturated heterocycles. The highest BCUT2D eigenvalue weighted by molar-refractivity contribution is 5.95. The summed E-state index contributed by atoms with van der Waals surface area (Å²) in [6, 6.07) is 9.43. The fourth-order valence-corrected chi connectivity index (χ4v) is 3.13. The third kappa shape index (κ3) is 5.62. The molecular weight excluding hydrogens is 431 g/mol. The number of hydrogen-bond donors (Lipinski definition) is 2. The Hall–Kier alpha value is -3.89. The molecule has 3 aromatic rings. The smallest absolute Gasteiger partial charge is 0.416 e. The van der Waals surface area contributed by atoms with Crippen LogP contribution in [0.5, 0.6) is 0 Å². The number of anilines is 1. The molecule has 0 fully saturated rings. The second kappa shape index (κ2) is 9.50. The molecule has 0 radical (unpaired) electrons. The van der Waals surface area contributed by atoms with Crippen molar-refractivity contribution in [2.75, 3.05) is 11.9 Å². The molecule has 0 unspecified atom stereocenters. The summed E-state index contributed by atoms with van der Waals surface area (Å²) < 4.78 is 43.1. The Kier molecular flexibility index (Phi) is 6.76. The summed E-state index contributed by atoms with van der Waals surface area (Å²) in [6.07, 6.45) is -1.77. The Morgan fingerprint density at radius 2 is 1.91 bits per heavy atom. The highest BCUT2D eigenvalue weighted by Crippen LogP contribution is 2.34. The topological polar surface area (TPSA) is 114 Å². The zero-order chi connectivity index (χ0) is 23.3. The predicted molar refractivity (Wildman–Crippen MR) is 109 cm³/mol. The molecule has 11 heteroatoms. The number of halogens is 3. The number of para-hydroxylation sites is 1. The van der Waals surface area contributed by atoms with E-state index < -0.39 is 46.5 Å². The zero-order valence-electron chi connectivity index (χ0n) is 16.6. The van der Waals surface area contributed by atoms with Gasteiger partial charge in [-0.1, -0.05) is 18.2 Å². The first-order valence-corrected chi connectivity index (χ1v) is 9.51. The van der Waals surface area contributed by atoms with Crippen LogP contribution in [0.3, 0.4) is 0 Å². The number of rotatable bonds is 8. The van der Waals surface area contributed by atoms with Gasteiger partial charge in [-0.25, -0.2) is 0 Å². The number of benzene rings is 2. The predicted octanol–water partition coefficient (Wildman–Crippen LogP) is 4.60. The van der Waals surface area contributed by atoms with Crippen LogP contribution >= 0.6 is 0 Å². The van der Waals surface area contributed by atoms with Crippen molar-refractivity contribution in [1.82, 2.24) is 4.98 Å². The number of aromatic amines is 1. The lowest BCUT2D eigenvalue weighted by Gasteiger charge is -2.10. The first kappa shape index (κ1) is 22.8.